The van der Waals surface area contributed by atoms with Gasteiger partial charge in [0.1, 0.15) is 5.78 Å². The maximum atomic E-state index is 13.6. The highest BCUT2D eigenvalue weighted by Gasteiger charge is 2.68. The number of aliphatic imine (C=N–C) groups is 1. The molecule has 12 heteroatoms. The first-order valence-corrected chi connectivity index (χ1v) is 14.6. The molecule has 1 amide bonds. The number of nitrogens with two attached hydrogens (primary N) is 1. The fraction of sp³-hybridized carbons (Fsp3) is 0.889. The molecule has 0 aromatic carbocycles. The van der Waals surface area contributed by atoms with Crippen molar-refractivity contribution in [2.75, 3.05) is 6.54 Å². The van der Waals surface area contributed by atoms with Crippen molar-refractivity contribution in [2.45, 2.75) is 111 Å². The van der Waals surface area contributed by atoms with E-state index in [-0.39, 0.29) is 59.6 Å². The number of nitrogens with zero attached hydrogens (tertiary/aromatic N) is 2. The zero-order valence-electron chi connectivity index (χ0n) is 24.7. The largest absolute Gasteiger partial charge is 0.481 e. The molecule has 3 saturated carbocycles. The standard InChI is InChI=1S/C27H48BN5O6/c1-8-17(4)20(34)13-18(10-9-11-30-25(29)32-33(36)37)24(35)31-23(12-16(2)3)28-38-22-15-19-14-21(26(19,5)6)27(22,7)39-28/h16-19,21-23H,8-15H2,1-7H3,(H,31,35)(H3,29,30,32)/t17?,18-,19-,21-,22-,23+,27+/m1/s1. The van der Waals surface area contributed by atoms with Crippen LogP contribution in [-0.2, 0) is 18.9 Å². The van der Waals surface area contributed by atoms with Crippen molar-refractivity contribution in [1.82, 2.24) is 10.7 Å². The predicted octanol–water partition coefficient (Wildman–Crippen LogP) is 3.28. The molecule has 2 bridgehead atoms. The monoisotopic (exact) mass is 549 g/mol. The smallest absolute Gasteiger partial charge is 0.404 e. The van der Waals surface area contributed by atoms with Gasteiger partial charge in [0.15, 0.2) is 5.03 Å². The van der Waals surface area contributed by atoms with Gasteiger partial charge in [0.2, 0.25) is 5.91 Å². The topological polar surface area (TPSA) is 158 Å². The molecule has 4 N–H and O–H groups in total. The zero-order chi connectivity index (χ0) is 29.1. The van der Waals surface area contributed by atoms with Crippen molar-refractivity contribution in [1.29, 1.82) is 0 Å². The number of ketones is 1. The molecule has 4 fully saturated rings. The van der Waals surface area contributed by atoms with Crippen molar-refractivity contribution in [2.24, 2.45) is 45.7 Å². The Labute approximate surface area is 233 Å². The summed E-state index contributed by atoms with van der Waals surface area (Å²) in [5.74, 6) is -0.105. The first kappa shape index (κ1) is 31.3. The molecule has 1 aliphatic heterocycles. The van der Waals surface area contributed by atoms with Crippen molar-refractivity contribution in [3.63, 3.8) is 0 Å². The van der Waals surface area contributed by atoms with Crippen molar-refractivity contribution in [3.8, 4) is 0 Å². The van der Waals surface area contributed by atoms with Gasteiger partial charge in [-0.25, -0.2) is 15.1 Å². The molecule has 0 aromatic heterocycles. The van der Waals surface area contributed by atoms with Crippen LogP contribution < -0.4 is 16.5 Å². The number of rotatable bonds is 14. The van der Waals surface area contributed by atoms with Gasteiger partial charge in [-0.1, -0.05) is 47.0 Å². The Morgan fingerprint density at radius 3 is 2.51 bits per heavy atom. The Bertz CT molecular complexity index is 946. The number of hydrogen-bond donors (Lipinski definition) is 3. The van der Waals surface area contributed by atoms with E-state index in [0.717, 1.165) is 12.8 Å². The first-order chi connectivity index (χ1) is 18.2. The summed E-state index contributed by atoms with van der Waals surface area (Å²) in [5, 5.41) is 12.9. The molecular weight excluding hydrogens is 501 g/mol. The third-order valence-corrected chi connectivity index (χ3v) is 9.53. The van der Waals surface area contributed by atoms with Crippen molar-refractivity contribution >= 4 is 24.8 Å². The number of hydrogen-bond acceptors (Lipinski definition) is 7. The Kier molecular flexibility index (Phi) is 10.1. The van der Waals surface area contributed by atoms with E-state index in [0.29, 0.717) is 43.4 Å². The van der Waals surface area contributed by atoms with Crippen LogP contribution in [0.25, 0.3) is 0 Å². The third-order valence-electron chi connectivity index (χ3n) is 9.53. The summed E-state index contributed by atoms with van der Waals surface area (Å²) in [4.78, 5) is 40.9. The van der Waals surface area contributed by atoms with Gasteiger partial charge in [-0.2, -0.15) is 0 Å². The molecule has 39 heavy (non-hydrogen) atoms. The van der Waals surface area contributed by atoms with E-state index in [9.17, 15) is 19.7 Å². The molecule has 1 unspecified atom stereocenters. The normalized spacial score (nSPS) is 29.7. The average Bonchev–Trinajstić information content (AvgIpc) is 3.21. The van der Waals surface area contributed by atoms with E-state index < -0.39 is 18.1 Å². The van der Waals surface area contributed by atoms with Crippen molar-refractivity contribution in [3.05, 3.63) is 10.1 Å². The number of nitro groups is 1. The van der Waals surface area contributed by atoms with Crippen LogP contribution in [0.3, 0.4) is 0 Å². The number of carbonyl (C=O) groups is 2. The molecule has 0 aromatic rings. The Morgan fingerprint density at radius 1 is 1.23 bits per heavy atom. The van der Waals surface area contributed by atoms with Gasteiger partial charge >= 0.3 is 7.12 Å². The molecule has 1 saturated heterocycles. The number of Topliss-reactive ketones (excluding diaryl/α,β-unsaturated/α-hetero) is 1. The lowest BCUT2D eigenvalue weighted by atomic mass is 9.43. The van der Waals surface area contributed by atoms with Gasteiger partial charge in [0.25, 0.3) is 5.96 Å². The number of nitrogens with one attached hydrogen (secondary N) is 2. The van der Waals surface area contributed by atoms with Crippen LogP contribution in [-0.4, -0.2) is 54.0 Å². The average molecular weight is 550 g/mol. The summed E-state index contributed by atoms with van der Waals surface area (Å²) >= 11 is 0. The van der Waals surface area contributed by atoms with Gasteiger partial charge in [-0.15, -0.1) is 0 Å². The molecular formula is C27H48BN5O6. The maximum Gasteiger partial charge on any atom is 0.481 e. The second-order valence-electron chi connectivity index (χ2n) is 13.0. The van der Waals surface area contributed by atoms with E-state index in [1.54, 1.807) is 0 Å². The fourth-order valence-electron chi connectivity index (χ4n) is 6.78. The third kappa shape index (κ3) is 7.12. The minimum Gasteiger partial charge on any atom is -0.404 e. The SMILES string of the molecule is CCC(C)C(=O)C[C@@H](CCCN=C(N)N[N+](=O)[O-])C(=O)N[C@@H](CC(C)C)B1O[C@@H]2C[C@H]3C[C@H](C3(C)C)[C@]2(C)O1. The van der Waals surface area contributed by atoms with Gasteiger partial charge in [0, 0.05) is 24.8 Å². The zero-order valence-corrected chi connectivity index (χ0v) is 24.7. The highest BCUT2D eigenvalue weighted by atomic mass is 16.7. The summed E-state index contributed by atoms with van der Waals surface area (Å²) in [5.41, 5.74) is 7.16. The summed E-state index contributed by atoms with van der Waals surface area (Å²) in [6, 6.07) is 0. The maximum absolute atomic E-state index is 13.6. The summed E-state index contributed by atoms with van der Waals surface area (Å²) in [6.45, 7) is 15.1. The Morgan fingerprint density at radius 2 is 1.92 bits per heavy atom. The van der Waals surface area contributed by atoms with Crippen LogP contribution in [0.15, 0.2) is 4.99 Å². The molecule has 4 aliphatic rings. The van der Waals surface area contributed by atoms with Crippen LogP contribution in [0.5, 0.6) is 0 Å². The Balaban J connectivity index is 1.70. The second kappa shape index (κ2) is 12.5. The quantitative estimate of drug-likeness (QED) is 0.0744. The lowest BCUT2D eigenvalue weighted by Gasteiger charge is -2.64. The van der Waals surface area contributed by atoms with Crippen molar-refractivity contribution < 1.29 is 23.9 Å². The summed E-state index contributed by atoms with van der Waals surface area (Å²) < 4.78 is 13.2. The van der Waals surface area contributed by atoms with Gasteiger partial charge in [-0.3, -0.25) is 9.59 Å². The van der Waals surface area contributed by atoms with Gasteiger partial charge < -0.3 is 20.4 Å². The molecule has 220 valence electrons. The molecule has 11 nitrogen and oxygen atoms in total. The van der Waals surface area contributed by atoms with Crippen LogP contribution in [0.2, 0.25) is 0 Å². The molecule has 1 heterocycles. The van der Waals surface area contributed by atoms with Crippen LogP contribution in [0, 0.1) is 45.1 Å². The van der Waals surface area contributed by atoms with E-state index >= 15 is 0 Å². The van der Waals surface area contributed by atoms with Crippen LogP contribution in [0.1, 0.15) is 93.4 Å². The number of carbonyl (C=O) groups excluding carboxylic acids is 2. The summed E-state index contributed by atoms with van der Waals surface area (Å²) in [6.07, 6.45) is 4.53. The fourth-order valence-corrected chi connectivity index (χ4v) is 6.78. The molecule has 7 atom stereocenters. The van der Waals surface area contributed by atoms with Crippen LogP contribution in [0.4, 0.5) is 0 Å². The highest BCUT2D eigenvalue weighted by molar-refractivity contribution is 6.47. The minimum absolute atomic E-state index is 0.0183. The first-order valence-electron chi connectivity index (χ1n) is 14.6. The number of guanidine groups is 1. The highest BCUT2D eigenvalue weighted by Crippen LogP contribution is 2.65. The number of hydrazine groups is 1. The van der Waals surface area contributed by atoms with E-state index in [2.05, 4.69) is 44.9 Å². The summed E-state index contributed by atoms with van der Waals surface area (Å²) in [7, 11) is -0.537. The second-order valence-corrected chi connectivity index (χ2v) is 13.0. The lowest BCUT2D eigenvalue weighted by molar-refractivity contribution is -0.525. The van der Waals surface area contributed by atoms with Gasteiger partial charge in [-0.05, 0) is 68.6 Å². The van der Waals surface area contributed by atoms with Gasteiger partial charge in [0.05, 0.1) is 17.6 Å². The lowest BCUT2D eigenvalue weighted by Crippen LogP contribution is -2.65. The van der Waals surface area contributed by atoms with E-state index in [1.807, 2.05) is 19.3 Å². The molecule has 0 radical (unpaired) electrons. The minimum atomic E-state index is -0.775. The molecule has 3 aliphatic carbocycles. The molecule has 0 spiro atoms. The Hall–Kier alpha value is -2.21. The predicted molar refractivity (Wildman–Crippen MR) is 150 cm³/mol. The van der Waals surface area contributed by atoms with E-state index in [1.165, 1.54) is 0 Å². The number of amides is 1. The van der Waals surface area contributed by atoms with Crippen LogP contribution >= 0.6 is 0 Å². The molecule has 4 rings (SSSR count). The van der Waals surface area contributed by atoms with E-state index in [4.69, 9.17) is 15.0 Å².